The molecule has 0 aliphatic rings. The fourth-order valence-corrected chi connectivity index (χ4v) is 26.8. The van der Waals surface area contributed by atoms with Crippen LogP contribution < -0.4 is 38.3 Å². The summed E-state index contributed by atoms with van der Waals surface area (Å²) in [6, 6.07) is 109. The van der Waals surface area contributed by atoms with Crippen LogP contribution in [0.25, 0.3) is 55.0 Å². The Kier molecular flexibility index (Phi) is 10.4. The topological polar surface area (TPSA) is 9.86 Å². The number of aromatic nitrogens is 2. The summed E-state index contributed by atoms with van der Waals surface area (Å²) >= 11 is -3.61. The van der Waals surface area contributed by atoms with E-state index in [0.717, 1.165) is 11.4 Å². The van der Waals surface area contributed by atoms with E-state index < -0.39 is 21.3 Å². The zero-order chi connectivity index (χ0) is 46.5. The van der Waals surface area contributed by atoms with Crippen LogP contribution in [0.15, 0.2) is 291 Å². The van der Waals surface area contributed by atoms with E-state index >= 15 is 0 Å². The van der Waals surface area contributed by atoms with E-state index in [2.05, 4.69) is 300 Å². The molecule has 0 fully saturated rings. The predicted octanol–water partition coefficient (Wildman–Crippen LogP) is 10.6. The normalized spacial score (nSPS) is 12.0. The largest absolute Gasteiger partial charge is 0.0623 e. The minimum absolute atomic E-state index is 1.15. The van der Waals surface area contributed by atoms with Crippen LogP contribution >= 0.6 is 0 Å². The number of hydrogen-bond donors (Lipinski definition) is 0. The molecule has 70 heavy (non-hydrogen) atoms. The molecule has 2 heterocycles. The molecule has 0 radical (unpaired) electrons. The summed E-state index contributed by atoms with van der Waals surface area (Å²) in [5, 5.41) is 10.4. The number of nitrogens with zero attached hydrogens (tertiary/aromatic N) is 2. The number of para-hydroxylation sites is 2. The molecule has 13 aromatic rings. The molecule has 13 rings (SSSR count). The van der Waals surface area contributed by atoms with E-state index in [0.29, 0.717) is 0 Å². The van der Waals surface area contributed by atoms with Crippen molar-refractivity contribution in [1.29, 1.82) is 0 Å². The van der Waals surface area contributed by atoms with Crippen LogP contribution in [0.5, 0.6) is 0 Å². The summed E-state index contributed by atoms with van der Waals surface area (Å²) in [5.74, 6) is 0. The number of fused-ring (bicyclic) bond motifs is 7. The van der Waals surface area contributed by atoms with Crippen molar-refractivity contribution >= 4 is 103 Å². The molecule has 2 nitrogen and oxygen atoms in total. The van der Waals surface area contributed by atoms with Gasteiger partial charge in [-0.25, -0.2) is 0 Å². The molecule has 0 spiro atoms. The molecule has 0 aliphatic heterocycles. The van der Waals surface area contributed by atoms with Gasteiger partial charge in [-0.2, -0.15) is 0 Å². The summed E-state index contributed by atoms with van der Waals surface area (Å²) in [7, 11) is -2.81. The second-order valence-electron chi connectivity index (χ2n) is 18.4. The minimum atomic E-state index is -3.61. The van der Waals surface area contributed by atoms with Gasteiger partial charge in [-0.1, -0.05) is 91.0 Å². The summed E-state index contributed by atoms with van der Waals surface area (Å²) in [5.41, 5.74) is 7.10. The SMILES string of the molecule is c1ccc([Si](c2ccccc2)(c2ccccc2)c2cccc(-n3c4ccccc4c4c3ccc3c5ccccc5n(-c5ccc[c]([Ge]([c]6ccccc6)([c]6ccccc6)[c]6ccccc6)c5)c34)c2)cc1. The molecule has 0 aliphatic carbocycles. The van der Waals surface area contributed by atoms with E-state index in [4.69, 9.17) is 0 Å². The van der Waals surface area contributed by atoms with Gasteiger partial charge in [0, 0.05) is 0 Å². The second kappa shape index (κ2) is 17.4. The molecule has 330 valence electrons. The van der Waals surface area contributed by atoms with Gasteiger partial charge in [0.25, 0.3) is 0 Å². The monoisotopic (exact) mass is 970 g/mol. The Morgan fingerprint density at radius 2 is 0.657 bits per heavy atom. The molecule has 0 atom stereocenters. The van der Waals surface area contributed by atoms with E-state index in [1.165, 1.54) is 81.9 Å². The van der Waals surface area contributed by atoms with Crippen molar-refractivity contribution in [2.24, 2.45) is 0 Å². The molecular weight excluding hydrogens is 921 g/mol. The number of hydrogen-bond acceptors (Lipinski definition) is 0. The zero-order valence-electron chi connectivity index (χ0n) is 38.6. The van der Waals surface area contributed by atoms with Crippen LogP contribution in [-0.2, 0) is 0 Å². The first kappa shape index (κ1) is 41.9. The average molecular weight is 970 g/mol. The molecule has 0 amide bonds. The third kappa shape index (κ3) is 6.46. The molecule has 0 unspecified atom stereocenters. The summed E-state index contributed by atoms with van der Waals surface area (Å²) in [4.78, 5) is 0. The van der Waals surface area contributed by atoms with Crippen molar-refractivity contribution in [3.63, 3.8) is 0 Å². The predicted molar refractivity (Wildman–Crippen MR) is 302 cm³/mol. The molecule has 4 heteroatoms. The van der Waals surface area contributed by atoms with Gasteiger partial charge in [-0.15, -0.1) is 0 Å². The summed E-state index contributed by atoms with van der Waals surface area (Å²) < 4.78 is 10.7. The van der Waals surface area contributed by atoms with Gasteiger partial charge in [0.15, 0.2) is 0 Å². The van der Waals surface area contributed by atoms with Crippen molar-refractivity contribution in [1.82, 2.24) is 9.13 Å². The van der Waals surface area contributed by atoms with Crippen molar-refractivity contribution in [2.45, 2.75) is 0 Å². The third-order valence-electron chi connectivity index (χ3n) is 14.8. The molecule has 0 saturated heterocycles. The van der Waals surface area contributed by atoms with Gasteiger partial charge < -0.3 is 0 Å². The maximum Gasteiger partial charge on any atom is -0.0619 e. The fraction of sp³-hybridized carbons (Fsp3) is 0. The Bertz CT molecular complexity index is 3790. The van der Waals surface area contributed by atoms with Crippen molar-refractivity contribution < 1.29 is 0 Å². The summed E-state index contributed by atoms with van der Waals surface area (Å²) in [6.07, 6.45) is 0. The van der Waals surface area contributed by atoms with Crippen LogP contribution in [0.2, 0.25) is 0 Å². The van der Waals surface area contributed by atoms with E-state index in [1.807, 2.05) is 0 Å². The van der Waals surface area contributed by atoms with Crippen LogP contribution in [0.4, 0.5) is 0 Å². The van der Waals surface area contributed by atoms with E-state index in [9.17, 15) is 0 Å². The molecule has 11 aromatic carbocycles. The van der Waals surface area contributed by atoms with Gasteiger partial charge in [-0.3, -0.25) is 0 Å². The Morgan fingerprint density at radius 1 is 0.257 bits per heavy atom. The first-order chi connectivity index (χ1) is 34.8. The summed E-state index contributed by atoms with van der Waals surface area (Å²) in [6.45, 7) is 0. The Hall–Kier alpha value is -8.22. The van der Waals surface area contributed by atoms with E-state index in [-0.39, 0.29) is 0 Å². The van der Waals surface area contributed by atoms with Crippen molar-refractivity contribution in [3.05, 3.63) is 291 Å². The zero-order valence-corrected chi connectivity index (χ0v) is 41.7. The van der Waals surface area contributed by atoms with Crippen LogP contribution in [0.1, 0.15) is 0 Å². The van der Waals surface area contributed by atoms with Crippen molar-refractivity contribution in [3.8, 4) is 11.4 Å². The van der Waals surface area contributed by atoms with Crippen LogP contribution in [0, 0.1) is 0 Å². The standard InChI is InChI=1S/C66H48GeN2Si/c1-7-25-49(26-8-1)67(50-27-9-2-10-28-50,51-29-11-3-12-30-51)52-31-23-32-53(47-52)69-62-43-21-19-41-59(62)60-45-46-64-65(66(60)69)61-42-20-22-44-63(61)68(64)54-33-24-40-58(48-54)70(55-34-13-4-14-35-55,56-36-15-5-16-37-56)57-38-17-6-18-39-57/h1-48H. The molecular formula is C66H48GeN2Si. The maximum atomic E-state index is 2.57. The molecule has 0 N–H and O–H groups in total. The Labute approximate surface area is 412 Å². The van der Waals surface area contributed by atoms with Gasteiger partial charge in [0.2, 0.25) is 0 Å². The maximum absolute atomic E-state index is 3.61. The van der Waals surface area contributed by atoms with Gasteiger partial charge >= 0.3 is 308 Å². The molecule has 2 aromatic heterocycles. The average Bonchev–Trinajstić information content (AvgIpc) is 3.97. The number of rotatable bonds is 10. The second-order valence-corrected chi connectivity index (χ2v) is 30.2. The Morgan fingerprint density at radius 3 is 1.19 bits per heavy atom. The first-order valence-electron chi connectivity index (χ1n) is 24.3. The smallest absolute Gasteiger partial charge is 0.0619 e. The first-order valence-corrected chi connectivity index (χ1v) is 30.5. The number of benzene rings is 11. The molecule has 0 bridgehead atoms. The van der Waals surface area contributed by atoms with Crippen LogP contribution in [-0.4, -0.2) is 30.5 Å². The van der Waals surface area contributed by atoms with Crippen molar-refractivity contribution in [2.75, 3.05) is 0 Å². The minimum Gasteiger partial charge on any atom is -0.0623 e. The molecule has 0 saturated carbocycles. The van der Waals surface area contributed by atoms with Crippen LogP contribution in [0.3, 0.4) is 0 Å². The Balaban J connectivity index is 1.09. The fourth-order valence-electron chi connectivity index (χ4n) is 11.9. The third-order valence-corrected chi connectivity index (χ3v) is 29.6. The quantitative estimate of drug-likeness (QED) is 0.0955. The van der Waals surface area contributed by atoms with Gasteiger partial charge in [0.1, 0.15) is 0 Å². The van der Waals surface area contributed by atoms with Gasteiger partial charge in [0.05, 0.1) is 0 Å². The van der Waals surface area contributed by atoms with E-state index in [1.54, 1.807) is 0 Å². The van der Waals surface area contributed by atoms with Gasteiger partial charge in [-0.05, 0) is 15.6 Å².